The van der Waals surface area contributed by atoms with E-state index in [9.17, 15) is 14.7 Å². The quantitative estimate of drug-likeness (QED) is 0.843. The summed E-state index contributed by atoms with van der Waals surface area (Å²) in [6, 6.07) is 8.59. The zero-order chi connectivity index (χ0) is 14.3. The summed E-state index contributed by atoms with van der Waals surface area (Å²) in [5.74, 6) is -0.455. The van der Waals surface area contributed by atoms with Gasteiger partial charge in [-0.1, -0.05) is 18.2 Å². The Morgan fingerprint density at radius 3 is 2.80 bits per heavy atom. The molecule has 0 aliphatic carbocycles. The first-order valence-corrected chi connectivity index (χ1v) is 6.12. The van der Waals surface area contributed by atoms with Gasteiger partial charge < -0.3 is 5.11 Å². The molecule has 0 bridgehead atoms. The van der Waals surface area contributed by atoms with Gasteiger partial charge in [0.2, 0.25) is 0 Å². The van der Waals surface area contributed by atoms with Crippen molar-refractivity contribution >= 4 is 23.6 Å². The van der Waals surface area contributed by atoms with Gasteiger partial charge in [0.1, 0.15) is 0 Å². The highest BCUT2D eigenvalue weighted by Gasteiger charge is 2.46. The molecule has 2 aromatic rings. The van der Waals surface area contributed by atoms with Gasteiger partial charge in [-0.05, 0) is 19.1 Å². The molecule has 1 aromatic heterocycles. The number of para-hydroxylation sites is 1. The topological polar surface area (TPSA) is 70.5 Å². The first kappa shape index (κ1) is 12.5. The smallest absolute Gasteiger partial charge is 0.267 e. The van der Waals surface area contributed by atoms with Crippen molar-refractivity contribution in [1.82, 2.24) is 4.98 Å². The Labute approximate surface area is 115 Å². The number of carbonyl (C=O) groups is 2. The summed E-state index contributed by atoms with van der Waals surface area (Å²) < 4.78 is 0. The van der Waals surface area contributed by atoms with Crippen LogP contribution in [0.5, 0.6) is 0 Å². The molecular weight excluding hydrogens is 256 g/mol. The number of aromatic nitrogens is 1. The number of carbonyl (C=O) groups excluding carboxylic acids is 2. The number of pyridine rings is 1. The van der Waals surface area contributed by atoms with Crippen LogP contribution in [0.15, 0.2) is 42.7 Å². The fourth-order valence-corrected chi connectivity index (χ4v) is 2.41. The number of nitrogens with zero attached hydrogens (tertiary/aromatic N) is 2. The minimum Gasteiger partial charge on any atom is -0.375 e. The summed E-state index contributed by atoms with van der Waals surface area (Å²) in [6.45, 7) is 1.46. The summed E-state index contributed by atoms with van der Waals surface area (Å²) in [4.78, 5) is 28.6. The van der Waals surface area contributed by atoms with Crippen LogP contribution in [0, 0.1) is 0 Å². The van der Waals surface area contributed by atoms with E-state index in [2.05, 4.69) is 4.98 Å². The van der Waals surface area contributed by atoms with Crippen LogP contribution in [0.25, 0.3) is 0 Å². The Bertz CT molecular complexity index is 710. The van der Waals surface area contributed by atoms with Crippen molar-refractivity contribution in [2.45, 2.75) is 12.5 Å². The predicted molar refractivity (Wildman–Crippen MR) is 72.8 cm³/mol. The van der Waals surface area contributed by atoms with Crippen LogP contribution in [0.4, 0.5) is 11.4 Å². The third kappa shape index (κ3) is 1.64. The SMILES string of the molecule is CC1(O)C(=O)N(c2cncc(C=O)c2)c2ccccc21. The number of hydrogen-bond acceptors (Lipinski definition) is 4. The molecule has 1 aliphatic rings. The van der Waals surface area contributed by atoms with Gasteiger partial charge in [-0.15, -0.1) is 0 Å². The van der Waals surface area contributed by atoms with Gasteiger partial charge in [0.15, 0.2) is 11.9 Å². The highest BCUT2D eigenvalue weighted by molar-refractivity contribution is 6.11. The molecule has 0 fully saturated rings. The van der Waals surface area contributed by atoms with E-state index >= 15 is 0 Å². The molecule has 1 aliphatic heterocycles. The fraction of sp³-hybridized carbons (Fsp3) is 0.133. The van der Waals surface area contributed by atoms with E-state index < -0.39 is 11.5 Å². The van der Waals surface area contributed by atoms with Crippen molar-refractivity contribution < 1.29 is 14.7 Å². The minimum absolute atomic E-state index is 0.374. The van der Waals surface area contributed by atoms with Crippen molar-refractivity contribution in [2.75, 3.05) is 4.90 Å². The molecule has 2 heterocycles. The van der Waals surface area contributed by atoms with Crippen molar-refractivity contribution in [3.8, 4) is 0 Å². The average Bonchev–Trinajstić information content (AvgIpc) is 2.67. The molecule has 1 amide bonds. The van der Waals surface area contributed by atoms with Crippen molar-refractivity contribution in [3.05, 3.63) is 53.9 Å². The number of rotatable bonds is 2. The lowest BCUT2D eigenvalue weighted by Crippen LogP contribution is -2.35. The lowest BCUT2D eigenvalue weighted by Gasteiger charge is -2.19. The van der Waals surface area contributed by atoms with Gasteiger partial charge in [-0.2, -0.15) is 0 Å². The number of aldehydes is 1. The monoisotopic (exact) mass is 268 g/mol. The van der Waals surface area contributed by atoms with E-state index in [0.29, 0.717) is 28.8 Å². The van der Waals surface area contributed by atoms with Gasteiger partial charge in [-0.25, -0.2) is 0 Å². The number of aliphatic hydroxyl groups is 1. The second kappa shape index (κ2) is 4.25. The Morgan fingerprint density at radius 2 is 2.05 bits per heavy atom. The van der Waals surface area contributed by atoms with E-state index in [-0.39, 0.29) is 0 Å². The number of anilines is 2. The second-order valence-electron chi connectivity index (χ2n) is 4.82. The molecule has 1 N–H and O–H groups in total. The zero-order valence-corrected chi connectivity index (χ0v) is 10.8. The number of fused-ring (bicyclic) bond motifs is 1. The molecule has 0 radical (unpaired) electrons. The normalized spacial score (nSPS) is 20.9. The van der Waals surface area contributed by atoms with Crippen molar-refractivity contribution in [3.63, 3.8) is 0 Å². The minimum atomic E-state index is -1.58. The van der Waals surface area contributed by atoms with Crippen LogP contribution < -0.4 is 4.90 Å². The van der Waals surface area contributed by atoms with E-state index in [1.165, 1.54) is 24.2 Å². The molecule has 0 saturated carbocycles. The number of benzene rings is 1. The van der Waals surface area contributed by atoms with E-state index in [0.717, 1.165) is 0 Å². The predicted octanol–water partition coefficient (Wildman–Crippen LogP) is 1.78. The average molecular weight is 268 g/mol. The molecular formula is C15H12N2O3. The first-order chi connectivity index (χ1) is 9.55. The van der Waals surface area contributed by atoms with Crippen LogP contribution in [0.1, 0.15) is 22.8 Å². The van der Waals surface area contributed by atoms with Crippen molar-refractivity contribution in [2.24, 2.45) is 0 Å². The first-order valence-electron chi connectivity index (χ1n) is 6.12. The molecule has 0 saturated heterocycles. The number of hydrogen-bond donors (Lipinski definition) is 1. The van der Waals surface area contributed by atoms with Crippen molar-refractivity contribution in [1.29, 1.82) is 0 Å². The largest absolute Gasteiger partial charge is 0.375 e. The highest BCUT2D eigenvalue weighted by Crippen LogP contribution is 2.43. The molecule has 0 spiro atoms. The van der Waals surface area contributed by atoms with Crippen LogP contribution in [-0.4, -0.2) is 22.3 Å². The van der Waals surface area contributed by atoms with Crippen LogP contribution in [0.2, 0.25) is 0 Å². The lowest BCUT2D eigenvalue weighted by atomic mass is 9.98. The van der Waals surface area contributed by atoms with Gasteiger partial charge in [0.25, 0.3) is 5.91 Å². The molecule has 100 valence electrons. The summed E-state index contributed by atoms with van der Waals surface area (Å²) in [6.07, 6.45) is 3.57. The van der Waals surface area contributed by atoms with Gasteiger partial charge in [0, 0.05) is 17.3 Å². The Hall–Kier alpha value is -2.53. The lowest BCUT2D eigenvalue weighted by molar-refractivity contribution is -0.133. The summed E-state index contributed by atoms with van der Waals surface area (Å²) in [5, 5.41) is 10.4. The van der Waals surface area contributed by atoms with Gasteiger partial charge >= 0.3 is 0 Å². The van der Waals surface area contributed by atoms with E-state index in [4.69, 9.17) is 0 Å². The van der Waals surface area contributed by atoms with E-state index in [1.807, 2.05) is 0 Å². The maximum atomic E-state index is 12.4. The summed E-state index contributed by atoms with van der Waals surface area (Å²) in [7, 11) is 0. The molecule has 1 aromatic carbocycles. The standard InChI is InChI=1S/C15H12N2O3/c1-15(20)12-4-2-3-5-13(12)17(14(15)19)11-6-10(9-18)7-16-8-11/h2-9,20H,1H3. The fourth-order valence-electron chi connectivity index (χ4n) is 2.41. The Balaban J connectivity index is 2.19. The van der Waals surface area contributed by atoms with Crippen LogP contribution in [0.3, 0.4) is 0 Å². The Kier molecular flexibility index (Phi) is 2.65. The molecule has 1 unspecified atom stereocenters. The van der Waals surface area contributed by atoms with Crippen LogP contribution in [-0.2, 0) is 10.4 Å². The molecule has 5 nitrogen and oxygen atoms in total. The molecule has 20 heavy (non-hydrogen) atoms. The van der Waals surface area contributed by atoms with Gasteiger partial charge in [0.05, 0.1) is 17.6 Å². The maximum absolute atomic E-state index is 12.4. The summed E-state index contributed by atoms with van der Waals surface area (Å²) >= 11 is 0. The maximum Gasteiger partial charge on any atom is 0.267 e. The third-order valence-electron chi connectivity index (χ3n) is 3.43. The van der Waals surface area contributed by atoms with Gasteiger partial charge in [-0.3, -0.25) is 19.5 Å². The molecule has 3 rings (SSSR count). The third-order valence-corrected chi connectivity index (χ3v) is 3.43. The zero-order valence-electron chi connectivity index (χ0n) is 10.8. The molecule has 1 atom stereocenters. The van der Waals surface area contributed by atoms with Crippen LogP contribution >= 0.6 is 0 Å². The second-order valence-corrected chi connectivity index (χ2v) is 4.82. The Morgan fingerprint density at radius 1 is 1.30 bits per heavy atom. The summed E-state index contributed by atoms with van der Waals surface area (Å²) in [5.41, 5.74) is 0.409. The highest BCUT2D eigenvalue weighted by atomic mass is 16.3. The number of amides is 1. The molecule has 5 heteroatoms. The van der Waals surface area contributed by atoms with E-state index in [1.54, 1.807) is 30.3 Å².